The molecule has 0 radical (unpaired) electrons. The van der Waals surface area contributed by atoms with E-state index < -0.39 is 0 Å². The van der Waals surface area contributed by atoms with E-state index in [2.05, 4.69) is 38.3 Å². The van der Waals surface area contributed by atoms with Gasteiger partial charge in [0.1, 0.15) is 5.82 Å². The molecule has 0 saturated carbocycles. The molecule has 0 spiro atoms. The molecule has 1 amide bonds. The van der Waals surface area contributed by atoms with E-state index in [1.165, 1.54) is 36.8 Å². The third kappa shape index (κ3) is 3.82. The maximum absolute atomic E-state index is 12.6. The highest BCUT2D eigenvalue weighted by atomic mass is 16.1. The second-order valence-electron chi connectivity index (χ2n) is 8.16. The van der Waals surface area contributed by atoms with Gasteiger partial charge in [0, 0.05) is 24.2 Å². The lowest BCUT2D eigenvalue weighted by molar-refractivity contribution is -0.115. The van der Waals surface area contributed by atoms with Gasteiger partial charge in [0.05, 0.1) is 6.42 Å². The van der Waals surface area contributed by atoms with Gasteiger partial charge in [-0.05, 0) is 60.9 Å². The molecular weight excluding hydrogens is 360 g/mol. The predicted octanol–water partition coefficient (Wildman–Crippen LogP) is 4.34. The van der Waals surface area contributed by atoms with E-state index in [1.54, 1.807) is 0 Å². The highest BCUT2D eigenvalue weighted by Crippen LogP contribution is 2.26. The molecule has 0 atom stereocenters. The summed E-state index contributed by atoms with van der Waals surface area (Å²) in [5, 5.41) is 11.9. The number of hydrogen-bond donors (Lipinski definition) is 1. The van der Waals surface area contributed by atoms with Crippen LogP contribution < -0.4 is 5.32 Å². The Labute approximate surface area is 171 Å². The quantitative estimate of drug-likeness (QED) is 0.725. The molecule has 1 aliphatic carbocycles. The van der Waals surface area contributed by atoms with Crippen molar-refractivity contribution in [2.45, 2.75) is 57.9 Å². The van der Waals surface area contributed by atoms with E-state index in [9.17, 15) is 4.79 Å². The molecule has 1 aliphatic heterocycles. The summed E-state index contributed by atoms with van der Waals surface area (Å²) in [6, 6.07) is 14.4. The van der Waals surface area contributed by atoms with Crippen LogP contribution in [0.15, 0.2) is 42.5 Å². The van der Waals surface area contributed by atoms with Crippen molar-refractivity contribution in [3.8, 4) is 11.4 Å². The number of fused-ring (bicyclic) bond motifs is 2. The van der Waals surface area contributed by atoms with Crippen LogP contribution in [-0.4, -0.2) is 20.7 Å². The van der Waals surface area contributed by atoms with Gasteiger partial charge in [-0.1, -0.05) is 36.8 Å². The first kappa shape index (κ1) is 18.1. The molecule has 2 heterocycles. The van der Waals surface area contributed by atoms with Gasteiger partial charge in [0.25, 0.3) is 0 Å². The Hall–Kier alpha value is -2.95. The molecule has 5 rings (SSSR count). The van der Waals surface area contributed by atoms with Crippen molar-refractivity contribution < 1.29 is 4.79 Å². The van der Waals surface area contributed by atoms with Crippen molar-refractivity contribution in [3.05, 3.63) is 65.0 Å². The number of carbonyl (C=O) groups is 1. The topological polar surface area (TPSA) is 59.8 Å². The zero-order chi connectivity index (χ0) is 19.6. The minimum absolute atomic E-state index is 0.0140. The van der Waals surface area contributed by atoms with Crippen molar-refractivity contribution in [2.24, 2.45) is 0 Å². The summed E-state index contributed by atoms with van der Waals surface area (Å²) < 4.78 is 2.23. The molecule has 5 heteroatoms. The van der Waals surface area contributed by atoms with Gasteiger partial charge in [-0.2, -0.15) is 0 Å². The highest BCUT2D eigenvalue weighted by molar-refractivity contribution is 5.92. The molecule has 29 heavy (non-hydrogen) atoms. The SMILES string of the molecule is O=C(Cc1ccc2c(c1)CCC2)Nc1cccc(-c2nnc3n2CCCCC3)c1. The monoisotopic (exact) mass is 386 g/mol. The summed E-state index contributed by atoms with van der Waals surface area (Å²) in [6.07, 6.45) is 8.50. The second kappa shape index (κ2) is 7.82. The van der Waals surface area contributed by atoms with Crippen molar-refractivity contribution >= 4 is 11.6 Å². The number of hydrogen-bond acceptors (Lipinski definition) is 3. The van der Waals surface area contributed by atoms with E-state index >= 15 is 0 Å². The Morgan fingerprint density at radius 3 is 2.83 bits per heavy atom. The van der Waals surface area contributed by atoms with E-state index in [0.29, 0.717) is 6.42 Å². The van der Waals surface area contributed by atoms with Gasteiger partial charge in [-0.15, -0.1) is 10.2 Å². The molecule has 0 saturated heterocycles. The van der Waals surface area contributed by atoms with Crippen LogP contribution in [0.5, 0.6) is 0 Å². The minimum atomic E-state index is 0.0140. The molecule has 0 unspecified atom stereocenters. The van der Waals surface area contributed by atoms with Crippen LogP contribution in [0, 0.1) is 0 Å². The van der Waals surface area contributed by atoms with Crippen LogP contribution in [0.2, 0.25) is 0 Å². The summed E-state index contributed by atoms with van der Waals surface area (Å²) in [5.74, 6) is 1.99. The molecule has 1 aromatic heterocycles. The van der Waals surface area contributed by atoms with Crippen LogP contribution in [0.25, 0.3) is 11.4 Å². The molecule has 148 valence electrons. The number of rotatable bonds is 4. The first-order valence-electron chi connectivity index (χ1n) is 10.7. The average molecular weight is 386 g/mol. The summed E-state index contributed by atoms with van der Waals surface area (Å²) in [5.41, 5.74) is 5.74. The molecular formula is C24H26N4O. The Balaban J connectivity index is 1.31. The van der Waals surface area contributed by atoms with Crippen LogP contribution in [0.1, 0.15) is 48.2 Å². The summed E-state index contributed by atoms with van der Waals surface area (Å²) >= 11 is 0. The number of aromatic nitrogens is 3. The fourth-order valence-corrected chi connectivity index (χ4v) is 4.56. The summed E-state index contributed by atoms with van der Waals surface area (Å²) in [6.45, 7) is 0.965. The molecule has 0 fully saturated rings. The fraction of sp³-hybridized carbons (Fsp3) is 0.375. The number of nitrogens with one attached hydrogen (secondary N) is 1. The van der Waals surface area contributed by atoms with E-state index in [0.717, 1.165) is 54.3 Å². The first-order valence-corrected chi connectivity index (χ1v) is 10.7. The normalized spacial score (nSPS) is 15.4. The molecule has 3 aromatic rings. The van der Waals surface area contributed by atoms with Crippen molar-refractivity contribution in [3.63, 3.8) is 0 Å². The lowest BCUT2D eigenvalue weighted by Gasteiger charge is -2.10. The highest BCUT2D eigenvalue weighted by Gasteiger charge is 2.17. The fourth-order valence-electron chi connectivity index (χ4n) is 4.56. The number of anilines is 1. The van der Waals surface area contributed by atoms with Crippen molar-refractivity contribution in [1.82, 2.24) is 14.8 Å². The molecule has 2 aromatic carbocycles. The van der Waals surface area contributed by atoms with Gasteiger partial charge in [-0.25, -0.2) is 0 Å². The smallest absolute Gasteiger partial charge is 0.228 e. The van der Waals surface area contributed by atoms with Gasteiger partial charge in [0.2, 0.25) is 5.91 Å². The Morgan fingerprint density at radius 1 is 0.931 bits per heavy atom. The van der Waals surface area contributed by atoms with Crippen LogP contribution in [0.3, 0.4) is 0 Å². The zero-order valence-corrected chi connectivity index (χ0v) is 16.7. The maximum Gasteiger partial charge on any atom is 0.228 e. The van der Waals surface area contributed by atoms with Gasteiger partial charge in [-0.3, -0.25) is 4.79 Å². The summed E-state index contributed by atoms with van der Waals surface area (Å²) in [4.78, 5) is 12.6. The lowest BCUT2D eigenvalue weighted by Crippen LogP contribution is -2.14. The van der Waals surface area contributed by atoms with Crippen LogP contribution in [-0.2, 0) is 37.0 Å². The van der Waals surface area contributed by atoms with E-state index in [-0.39, 0.29) is 5.91 Å². The largest absolute Gasteiger partial charge is 0.326 e. The summed E-state index contributed by atoms with van der Waals surface area (Å²) in [7, 11) is 0. The number of aryl methyl sites for hydroxylation is 3. The molecule has 5 nitrogen and oxygen atoms in total. The van der Waals surface area contributed by atoms with Gasteiger partial charge >= 0.3 is 0 Å². The van der Waals surface area contributed by atoms with Crippen LogP contribution in [0.4, 0.5) is 5.69 Å². The van der Waals surface area contributed by atoms with E-state index in [4.69, 9.17) is 0 Å². The maximum atomic E-state index is 12.6. The Kier molecular flexibility index (Phi) is 4.88. The Bertz CT molecular complexity index is 1050. The third-order valence-corrected chi connectivity index (χ3v) is 6.04. The zero-order valence-electron chi connectivity index (χ0n) is 16.7. The minimum Gasteiger partial charge on any atom is -0.326 e. The van der Waals surface area contributed by atoms with Crippen LogP contribution >= 0.6 is 0 Å². The number of carbonyl (C=O) groups excluding carboxylic acids is 1. The first-order chi connectivity index (χ1) is 14.3. The molecule has 0 bridgehead atoms. The number of amides is 1. The lowest BCUT2D eigenvalue weighted by atomic mass is 10.0. The number of benzene rings is 2. The van der Waals surface area contributed by atoms with Crippen molar-refractivity contribution in [1.29, 1.82) is 0 Å². The molecule has 1 N–H and O–H groups in total. The van der Waals surface area contributed by atoms with Crippen molar-refractivity contribution in [2.75, 3.05) is 5.32 Å². The second-order valence-corrected chi connectivity index (χ2v) is 8.16. The Morgan fingerprint density at radius 2 is 1.86 bits per heavy atom. The van der Waals surface area contributed by atoms with E-state index in [1.807, 2.05) is 24.3 Å². The van der Waals surface area contributed by atoms with Gasteiger partial charge in [0.15, 0.2) is 5.82 Å². The third-order valence-electron chi connectivity index (χ3n) is 6.04. The predicted molar refractivity (Wildman–Crippen MR) is 114 cm³/mol. The average Bonchev–Trinajstić information content (AvgIpc) is 3.28. The number of nitrogens with zero attached hydrogens (tertiary/aromatic N) is 3. The standard InChI is InChI=1S/C24H26N4O/c29-23(15-17-11-12-18-6-4-7-19(18)14-17)25-21-9-5-8-20(16-21)24-27-26-22-10-2-1-3-13-28(22)24/h5,8-9,11-12,14,16H,1-4,6-7,10,13,15H2,(H,25,29). The molecule has 2 aliphatic rings. The van der Waals surface area contributed by atoms with Gasteiger partial charge < -0.3 is 9.88 Å².